The Labute approximate surface area is 603 Å². The lowest BCUT2D eigenvalue weighted by molar-refractivity contribution is -0.138. The maximum atomic E-state index is 15.1. The van der Waals surface area contributed by atoms with Crippen LogP contribution in [0.5, 0.6) is 0 Å². The van der Waals surface area contributed by atoms with Gasteiger partial charge in [0.25, 0.3) is 11.1 Å². The van der Waals surface area contributed by atoms with Crippen LogP contribution in [-0.2, 0) is 85.1 Å². The largest absolute Gasteiger partial charge is 0.416 e. The van der Waals surface area contributed by atoms with E-state index in [9.17, 15) is 60.5 Å². The van der Waals surface area contributed by atoms with Crippen LogP contribution in [0.3, 0.4) is 0 Å². The number of likely N-dealkylation sites (N-methyl/N-ethyl adjacent to an activating group) is 2. The van der Waals surface area contributed by atoms with Gasteiger partial charge in [0.05, 0.1) is 30.3 Å². The smallest absolute Gasteiger partial charge is 0.336 e. The van der Waals surface area contributed by atoms with Crippen molar-refractivity contribution in [2.75, 3.05) is 52.1 Å². The minimum absolute atomic E-state index is 0.00215. The number of amides is 2. The van der Waals surface area contributed by atoms with E-state index in [0.717, 1.165) is 98.8 Å². The van der Waals surface area contributed by atoms with Crippen LogP contribution in [0.1, 0.15) is 146 Å². The van der Waals surface area contributed by atoms with Crippen molar-refractivity contribution >= 4 is 35.3 Å². The molecule has 0 fully saturated rings. The Balaban J connectivity index is 0.000000281. The Morgan fingerprint density at radius 2 is 0.948 bits per heavy atom. The van der Waals surface area contributed by atoms with Gasteiger partial charge in [0.1, 0.15) is 24.6 Å². The number of rotatable bonds is 26. The van der Waals surface area contributed by atoms with Crippen LogP contribution >= 0.6 is 23.5 Å². The van der Waals surface area contributed by atoms with Gasteiger partial charge in [-0.3, -0.25) is 19.2 Å². The number of hydrogen-bond donors (Lipinski definition) is 0. The van der Waals surface area contributed by atoms with Gasteiger partial charge < -0.3 is 28.7 Å². The molecule has 0 radical (unpaired) electrons. The van der Waals surface area contributed by atoms with E-state index in [1.807, 2.05) is 0 Å². The monoisotopic (exact) mass is 1390 g/mol. The van der Waals surface area contributed by atoms with E-state index in [-0.39, 0.29) is 144 Å². The molecule has 8 aromatic rings. The van der Waals surface area contributed by atoms with Crippen LogP contribution in [-0.4, -0.2) is 103 Å². The average molecular weight is 1390 g/mol. The molecule has 0 unspecified atom stereocenters. The fraction of sp³-hybridized carbons (Fsp3) is 0.378. The molecule has 2 aliphatic carbocycles. The van der Waals surface area contributed by atoms with E-state index in [1.54, 1.807) is 0 Å². The first-order chi connectivity index (χ1) is 56.4. The van der Waals surface area contributed by atoms with Crippen LogP contribution in [0.25, 0.3) is 22.3 Å². The Hall–Kier alpha value is -7.92. The third-order valence-corrected chi connectivity index (χ3v) is 16.4. The predicted molar refractivity (Wildman–Crippen MR) is 363 cm³/mol. The van der Waals surface area contributed by atoms with Crippen LogP contribution < -0.4 is 11.1 Å². The van der Waals surface area contributed by atoms with Crippen LogP contribution in [0.15, 0.2) is 153 Å². The SMILES string of the molecule is [2H]c1c([2H])c(-c2ccc(C(F)(F)F)cc2)c(C)c([2H])c1CN(C(=O)C([2H])([2H])n1c(SC([2H])([2H])c2ccc(F)cc2)nc(=O)c2c1CCC2)C([2H])([2H])C([2H])([2H])N(C([2H])([2H])C)C([2H])([2H])C.[2H]c1c([2H])c(C([2H])([2H])N(CCN(C([2H])([2H])C)C([2H])([2H])C)C(=O)C([2H])([2H])n2c(SC([2H])([2H])c3ccc(F)cc3)nc(=O)c3c2CCC3)c([2H])c(C)c1-c1ccc(C(F)(F)F)cc1. The number of nitrogens with zero attached hydrogens (tertiary/aromatic N) is 8. The van der Waals surface area contributed by atoms with Gasteiger partial charge in [-0.2, -0.15) is 36.3 Å². The van der Waals surface area contributed by atoms with Crippen molar-refractivity contribution in [3.8, 4) is 22.3 Å². The molecule has 508 valence electrons. The fourth-order valence-electron chi connectivity index (χ4n) is 9.92. The van der Waals surface area contributed by atoms with E-state index in [1.165, 1.54) is 13.8 Å². The Morgan fingerprint density at radius 3 is 1.38 bits per heavy atom. The lowest BCUT2D eigenvalue weighted by Gasteiger charge is -2.28. The normalized spacial score (nSPS) is 18.8. The first kappa shape index (κ1) is 43.4. The molecule has 2 aliphatic rings. The van der Waals surface area contributed by atoms with Crippen LogP contribution in [0, 0.1) is 25.5 Å². The van der Waals surface area contributed by atoms with Crippen molar-refractivity contribution in [2.24, 2.45) is 0 Å². The molecule has 96 heavy (non-hydrogen) atoms. The van der Waals surface area contributed by atoms with E-state index in [2.05, 4.69) is 9.97 Å². The van der Waals surface area contributed by atoms with Crippen molar-refractivity contribution in [3.63, 3.8) is 0 Å². The third-order valence-electron chi connectivity index (χ3n) is 14.8. The molecule has 0 saturated carbocycles. The van der Waals surface area contributed by atoms with E-state index in [4.69, 9.17) is 27.4 Å². The summed E-state index contributed by atoms with van der Waals surface area (Å²) in [5.74, 6) is -5.21. The minimum atomic E-state index is -4.73. The summed E-state index contributed by atoms with van der Waals surface area (Å²) in [6, 6.07) is 10.2. The predicted octanol–water partition coefficient (Wildman–Crippen LogP) is 15.1. The molecule has 2 aromatic heterocycles. The summed E-state index contributed by atoms with van der Waals surface area (Å²) in [6.07, 6.45) is -8.91. The number of alkyl halides is 6. The first-order valence-electron chi connectivity index (χ1n) is 43.4. The average Bonchev–Trinajstić information content (AvgIpc) is 0.763. The molecule has 2 amide bonds. The second-order valence-corrected chi connectivity index (χ2v) is 22.6. The molecule has 6 aromatic carbocycles. The quantitative estimate of drug-likeness (QED) is 0.0295. The minimum Gasteiger partial charge on any atom is -0.336 e. The van der Waals surface area contributed by atoms with Gasteiger partial charge in [-0.15, -0.1) is 0 Å². The highest BCUT2D eigenvalue weighted by molar-refractivity contribution is 7.98. The molecule has 0 N–H and O–H groups in total. The number of hydrogen-bond acceptors (Lipinski definition) is 10. The number of thioether (sulfide) groups is 2. The zero-order valence-electron chi connectivity index (χ0n) is 80.2. The third kappa shape index (κ3) is 18.8. The van der Waals surface area contributed by atoms with Gasteiger partial charge in [-0.05, 0) is 183 Å². The highest BCUT2D eigenvalue weighted by Crippen LogP contribution is 2.35. The summed E-state index contributed by atoms with van der Waals surface area (Å²) in [5.41, 5.74) is -12.1. The Morgan fingerprint density at radius 1 is 0.531 bits per heavy atom. The zero-order valence-corrected chi connectivity index (χ0v) is 53.8. The van der Waals surface area contributed by atoms with Gasteiger partial charge in [0, 0.05) is 92.2 Å². The van der Waals surface area contributed by atoms with Crippen LogP contribution in [0.4, 0.5) is 35.1 Å². The summed E-state index contributed by atoms with van der Waals surface area (Å²) in [4.78, 5) is 64.9. The zero-order chi connectivity index (χ0) is 93.8. The molecule has 0 spiro atoms. The lowest BCUT2D eigenvalue weighted by Crippen LogP contribution is -2.40. The fourth-order valence-corrected chi connectivity index (χ4v) is 11.4. The number of carbonyl (C=O) groups is 2. The van der Waals surface area contributed by atoms with Crippen molar-refractivity contribution in [3.05, 3.63) is 233 Å². The maximum absolute atomic E-state index is 15.1. The topological polar surface area (TPSA) is 117 Å². The molecule has 22 heteroatoms. The van der Waals surface area contributed by atoms with Crippen molar-refractivity contribution in [1.29, 1.82) is 0 Å². The highest BCUT2D eigenvalue weighted by atomic mass is 32.2. The Bertz CT molecular complexity index is 5450. The molecule has 12 nitrogen and oxygen atoms in total. The molecule has 10 rings (SSSR count). The molecule has 0 aliphatic heterocycles. The number of benzene rings is 6. The number of aromatic nitrogens is 4. The van der Waals surface area contributed by atoms with Crippen LogP contribution in [0.2, 0.25) is 0 Å². The van der Waals surface area contributed by atoms with Crippen molar-refractivity contribution in [2.45, 2.75) is 140 Å². The van der Waals surface area contributed by atoms with Gasteiger partial charge in [-0.25, -0.2) is 8.78 Å². The second kappa shape index (κ2) is 32.9. The van der Waals surface area contributed by atoms with Crippen molar-refractivity contribution in [1.82, 2.24) is 38.7 Å². The van der Waals surface area contributed by atoms with Gasteiger partial charge in [0.2, 0.25) is 11.8 Å². The number of fused-ring (bicyclic) bond motifs is 2. The van der Waals surface area contributed by atoms with Gasteiger partial charge >= 0.3 is 12.4 Å². The van der Waals surface area contributed by atoms with E-state index >= 15 is 4.79 Å². The second-order valence-electron chi connectivity index (χ2n) is 21.1. The standard InChI is InChI=1S/2C37H40F4N4O2S/c2*1-4-43(5-2)19-20-44(22-27-11-18-31(25(3)21-27)28-12-14-29(15-13-28)37(39,40)41)34(46)23-45-33-8-6-7-32(33)35(47)42-36(45)48-24-26-9-16-30(38)17-10-26/h2*9-18,21H,4-8,19-20,22-24H2,1-3H3/i4D2,5D2,11D,18D,19D2,20D2,21D,23D2,24D2;4D2,5D2,11D,18D,21D,22D2,23D2,24D2. The highest BCUT2D eigenvalue weighted by Gasteiger charge is 2.32. The molecule has 0 atom stereocenters. The van der Waals surface area contributed by atoms with E-state index < -0.39 is 205 Å². The summed E-state index contributed by atoms with van der Waals surface area (Å²) in [7, 11) is 0. The first-order valence-corrected chi connectivity index (χ1v) is 31.0. The van der Waals surface area contributed by atoms with E-state index in [0.29, 0.717) is 40.0 Å². The summed E-state index contributed by atoms with van der Waals surface area (Å²) in [5, 5.41) is -1.43. The van der Waals surface area contributed by atoms with Gasteiger partial charge in [-0.1, -0.05) is 136 Å². The molecule has 0 bridgehead atoms. The molecular weight excluding hydrogens is 1280 g/mol. The molecule has 0 saturated heterocycles. The summed E-state index contributed by atoms with van der Waals surface area (Å²) in [6.45, 7) is -27.1. The number of halogens is 8. The number of carbonyl (C=O) groups excluding carboxylic acids is 2. The summed E-state index contributed by atoms with van der Waals surface area (Å²) >= 11 is 0.347. The molecule has 2 heterocycles. The van der Waals surface area contributed by atoms with Crippen molar-refractivity contribution < 1.29 is 83.1 Å². The maximum Gasteiger partial charge on any atom is 0.416 e. The van der Waals surface area contributed by atoms with Gasteiger partial charge in [0.15, 0.2) is 10.3 Å². The molecular formula is C74H80F8N8O4S2. The Kier molecular flexibility index (Phi) is 14.9. The summed E-state index contributed by atoms with van der Waals surface area (Å²) < 4.78 is 357. The lowest BCUT2D eigenvalue weighted by atomic mass is 9.97.